The first kappa shape index (κ1) is 20.4. The lowest BCUT2D eigenvalue weighted by Gasteiger charge is -2.14. The molecule has 27 heavy (non-hydrogen) atoms. The van der Waals surface area contributed by atoms with Crippen LogP contribution in [0.25, 0.3) is 0 Å². The van der Waals surface area contributed by atoms with Crippen molar-refractivity contribution in [3.05, 3.63) is 41.5 Å². The summed E-state index contributed by atoms with van der Waals surface area (Å²) in [6.45, 7) is 0.155. The molecule has 0 saturated carbocycles. The average molecular weight is 376 g/mol. The van der Waals surface area contributed by atoms with Crippen molar-refractivity contribution in [3.63, 3.8) is 0 Å². The number of carbonyl (C=O) groups is 1. The molecule has 2 aromatic carbocycles. The summed E-state index contributed by atoms with van der Waals surface area (Å²) >= 11 is 0. The minimum absolute atomic E-state index is 0.0300. The van der Waals surface area contributed by atoms with Gasteiger partial charge in [0.1, 0.15) is 6.61 Å². The van der Waals surface area contributed by atoms with Crippen LogP contribution in [0.4, 0.5) is 0 Å². The second-order valence-electron chi connectivity index (χ2n) is 5.75. The molecular formula is C20H24O7. The zero-order chi connectivity index (χ0) is 19.8. The van der Waals surface area contributed by atoms with Crippen LogP contribution in [0, 0.1) is 0 Å². The van der Waals surface area contributed by atoms with E-state index in [9.17, 15) is 9.90 Å². The summed E-state index contributed by atoms with van der Waals surface area (Å²) in [5, 5.41) is 9.75. The van der Waals surface area contributed by atoms with E-state index in [1.807, 2.05) is 0 Å². The Bertz CT molecular complexity index is 761. The zero-order valence-corrected chi connectivity index (χ0v) is 15.9. The van der Waals surface area contributed by atoms with E-state index in [-0.39, 0.29) is 31.2 Å². The molecule has 7 heteroatoms. The molecular weight excluding hydrogens is 352 g/mol. The molecule has 0 fully saturated rings. The van der Waals surface area contributed by atoms with E-state index in [1.165, 1.54) is 28.4 Å². The van der Waals surface area contributed by atoms with Gasteiger partial charge in [0, 0.05) is 6.42 Å². The molecule has 146 valence electrons. The molecule has 7 nitrogen and oxygen atoms in total. The smallest absolute Gasteiger partial charge is 0.203 e. The summed E-state index contributed by atoms with van der Waals surface area (Å²) < 4.78 is 26.3. The normalized spacial score (nSPS) is 10.4. The van der Waals surface area contributed by atoms with Crippen LogP contribution in [0.15, 0.2) is 30.3 Å². The van der Waals surface area contributed by atoms with Crippen molar-refractivity contribution in [2.24, 2.45) is 0 Å². The maximum absolute atomic E-state index is 12.2. The summed E-state index contributed by atoms with van der Waals surface area (Å²) in [4.78, 5) is 12.2. The summed E-state index contributed by atoms with van der Waals surface area (Å²) in [5.41, 5.74) is 1.48. The zero-order valence-electron chi connectivity index (χ0n) is 15.9. The van der Waals surface area contributed by atoms with E-state index in [4.69, 9.17) is 23.7 Å². The third kappa shape index (κ3) is 5.27. The average Bonchev–Trinajstić information content (AvgIpc) is 2.67. The van der Waals surface area contributed by atoms with Crippen LogP contribution in [0.2, 0.25) is 0 Å². The molecule has 0 aliphatic rings. The van der Waals surface area contributed by atoms with Gasteiger partial charge in [-0.2, -0.15) is 0 Å². The molecule has 2 rings (SSSR count). The Morgan fingerprint density at radius 3 is 2.00 bits per heavy atom. The van der Waals surface area contributed by atoms with Gasteiger partial charge in [0.15, 0.2) is 28.8 Å². The van der Waals surface area contributed by atoms with E-state index in [2.05, 4.69) is 0 Å². The van der Waals surface area contributed by atoms with Gasteiger partial charge >= 0.3 is 0 Å². The highest BCUT2D eigenvalue weighted by Gasteiger charge is 2.15. The van der Waals surface area contributed by atoms with Crippen LogP contribution < -0.4 is 18.9 Å². The third-order valence-corrected chi connectivity index (χ3v) is 3.90. The predicted molar refractivity (Wildman–Crippen MR) is 99.1 cm³/mol. The number of aromatic hydroxyl groups is 1. The standard InChI is InChI=1S/C20H24O7/c1-23-17-6-5-13(8-16(17)22)11-27-12-15(21)7-14-9-18(24-2)20(26-4)19(10-14)25-3/h5-6,8-10,22H,7,11-12H2,1-4H3. The number of Topliss-reactive ketones (excluding diaryl/α,β-unsaturated/α-hetero) is 1. The summed E-state index contributed by atoms with van der Waals surface area (Å²) in [7, 11) is 6.05. The van der Waals surface area contributed by atoms with Crippen molar-refractivity contribution in [3.8, 4) is 28.7 Å². The van der Waals surface area contributed by atoms with E-state index in [0.29, 0.717) is 23.0 Å². The second kappa shape index (κ2) is 9.68. The Balaban J connectivity index is 1.95. The first-order valence-corrected chi connectivity index (χ1v) is 8.26. The van der Waals surface area contributed by atoms with Crippen molar-refractivity contribution < 1.29 is 33.6 Å². The highest BCUT2D eigenvalue weighted by molar-refractivity contribution is 5.82. The molecule has 1 N–H and O–H groups in total. The Labute approximate surface area is 158 Å². The van der Waals surface area contributed by atoms with Crippen molar-refractivity contribution in [2.75, 3.05) is 35.0 Å². The highest BCUT2D eigenvalue weighted by Crippen LogP contribution is 2.38. The van der Waals surface area contributed by atoms with Gasteiger partial charge in [0.2, 0.25) is 5.75 Å². The number of ketones is 1. The molecule has 0 bridgehead atoms. The van der Waals surface area contributed by atoms with Crippen LogP contribution in [-0.2, 0) is 22.6 Å². The lowest BCUT2D eigenvalue weighted by Crippen LogP contribution is -2.12. The van der Waals surface area contributed by atoms with Gasteiger partial charge in [-0.05, 0) is 35.4 Å². The van der Waals surface area contributed by atoms with Crippen molar-refractivity contribution in [1.82, 2.24) is 0 Å². The molecule has 0 spiro atoms. The minimum Gasteiger partial charge on any atom is -0.504 e. The van der Waals surface area contributed by atoms with Crippen molar-refractivity contribution in [2.45, 2.75) is 13.0 Å². The third-order valence-electron chi connectivity index (χ3n) is 3.90. The van der Waals surface area contributed by atoms with Crippen LogP contribution in [0.1, 0.15) is 11.1 Å². The Morgan fingerprint density at radius 2 is 1.48 bits per heavy atom. The lowest BCUT2D eigenvalue weighted by atomic mass is 10.1. The maximum Gasteiger partial charge on any atom is 0.203 e. The Kier molecular flexibility index (Phi) is 7.31. The van der Waals surface area contributed by atoms with E-state index in [0.717, 1.165) is 11.1 Å². The molecule has 0 saturated heterocycles. The fraction of sp³-hybridized carbons (Fsp3) is 0.350. The number of carbonyl (C=O) groups excluding carboxylic acids is 1. The van der Waals surface area contributed by atoms with Crippen LogP contribution in [0.5, 0.6) is 28.7 Å². The number of ether oxygens (including phenoxy) is 5. The summed E-state index contributed by atoms with van der Waals surface area (Å²) in [6.07, 6.45) is 0.171. The quantitative estimate of drug-likeness (QED) is 0.683. The lowest BCUT2D eigenvalue weighted by molar-refractivity contribution is -0.123. The van der Waals surface area contributed by atoms with Gasteiger partial charge in [-0.25, -0.2) is 0 Å². The van der Waals surface area contributed by atoms with Gasteiger partial charge in [0.25, 0.3) is 0 Å². The van der Waals surface area contributed by atoms with E-state index in [1.54, 1.807) is 30.3 Å². The number of phenolic OH excluding ortho intramolecular Hbond substituents is 1. The molecule has 0 unspecified atom stereocenters. The van der Waals surface area contributed by atoms with E-state index >= 15 is 0 Å². The monoisotopic (exact) mass is 376 g/mol. The molecule has 0 radical (unpaired) electrons. The Morgan fingerprint density at radius 1 is 0.852 bits per heavy atom. The highest BCUT2D eigenvalue weighted by atomic mass is 16.5. The maximum atomic E-state index is 12.2. The van der Waals surface area contributed by atoms with Gasteiger partial charge in [-0.1, -0.05) is 6.07 Å². The number of rotatable bonds is 10. The van der Waals surface area contributed by atoms with Gasteiger partial charge < -0.3 is 28.8 Å². The molecule has 0 aromatic heterocycles. The predicted octanol–water partition coefficient (Wildman–Crippen LogP) is 2.76. The topological polar surface area (TPSA) is 83.5 Å². The summed E-state index contributed by atoms with van der Waals surface area (Å²) in [5.74, 6) is 1.79. The van der Waals surface area contributed by atoms with Crippen LogP contribution >= 0.6 is 0 Å². The first-order valence-electron chi connectivity index (χ1n) is 8.26. The minimum atomic E-state index is -0.0954. The van der Waals surface area contributed by atoms with Gasteiger partial charge in [-0.3, -0.25) is 4.79 Å². The van der Waals surface area contributed by atoms with Crippen molar-refractivity contribution in [1.29, 1.82) is 0 Å². The first-order chi connectivity index (χ1) is 13.0. The summed E-state index contributed by atoms with van der Waals surface area (Å²) in [6, 6.07) is 8.43. The van der Waals surface area contributed by atoms with Gasteiger partial charge in [0.05, 0.1) is 35.0 Å². The second-order valence-corrected chi connectivity index (χ2v) is 5.75. The van der Waals surface area contributed by atoms with Gasteiger partial charge in [-0.15, -0.1) is 0 Å². The molecule has 2 aromatic rings. The molecule has 0 heterocycles. The number of hydrogen-bond acceptors (Lipinski definition) is 7. The largest absolute Gasteiger partial charge is 0.504 e. The molecule has 0 aliphatic carbocycles. The molecule has 0 atom stereocenters. The van der Waals surface area contributed by atoms with Crippen LogP contribution in [0.3, 0.4) is 0 Å². The van der Waals surface area contributed by atoms with Crippen LogP contribution in [-0.4, -0.2) is 45.9 Å². The fourth-order valence-electron chi connectivity index (χ4n) is 2.62. The van der Waals surface area contributed by atoms with E-state index < -0.39 is 0 Å². The number of hydrogen-bond donors (Lipinski definition) is 1. The van der Waals surface area contributed by atoms with Crippen molar-refractivity contribution >= 4 is 5.78 Å². The number of methoxy groups -OCH3 is 4. The SMILES string of the molecule is COc1ccc(COCC(=O)Cc2cc(OC)c(OC)c(OC)c2)cc1O. The molecule has 0 amide bonds. The Hall–Kier alpha value is -2.93. The number of benzene rings is 2. The fourth-order valence-corrected chi connectivity index (χ4v) is 2.62. The molecule has 0 aliphatic heterocycles. The number of phenols is 1.